The molecule has 0 unspecified atom stereocenters. The second kappa shape index (κ2) is 8.34. The maximum Gasteiger partial charge on any atom is 0.290 e. The third kappa shape index (κ3) is 4.64. The number of fused-ring (bicyclic) bond motifs is 1. The topological polar surface area (TPSA) is 97.4 Å². The summed E-state index contributed by atoms with van der Waals surface area (Å²) in [7, 11) is 0. The van der Waals surface area contributed by atoms with Gasteiger partial charge in [0.15, 0.2) is 6.61 Å². The average molecular weight is 423 g/mol. The van der Waals surface area contributed by atoms with Crippen LogP contribution in [0.3, 0.4) is 0 Å². The van der Waals surface area contributed by atoms with Crippen molar-refractivity contribution in [1.82, 2.24) is 10.3 Å². The first-order chi connectivity index (χ1) is 14.5. The Morgan fingerprint density at radius 2 is 1.93 bits per heavy atom. The number of ether oxygens (including phenoxy) is 1. The first kappa shape index (κ1) is 19.6. The molecule has 9 heteroatoms. The highest BCUT2D eigenvalue weighted by atomic mass is 32.2. The SMILES string of the molecule is O=C(COc1ccc2cc(/C=C3/SC(=O)NC3=O)ccc2c1)Nc1cccc(F)n1. The Morgan fingerprint density at radius 3 is 2.70 bits per heavy atom. The van der Waals surface area contributed by atoms with Crippen molar-refractivity contribution in [3.63, 3.8) is 0 Å². The second-order valence-electron chi connectivity index (χ2n) is 6.30. The van der Waals surface area contributed by atoms with Crippen LogP contribution in [-0.4, -0.2) is 28.6 Å². The number of nitrogens with zero attached hydrogens (tertiary/aromatic N) is 1. The minimum atomic E-state index is -0.683. The van der Waals surface area contributed by atoms with Gasteiger partial charge < -0.3 is 10.1 Å². The van der Waals surface area contributed by atoms with Crippen molar-refractivity contribution in [2.75, 3.05) is 11.9 Å². The monoisotopic (exact) mass is 423 g/mol. The van der Waals surface area contributed by atoms with Crippen LogP contribution >= 0.6 is 11.8 Å². The Kier molecular flexibility index (Phi) is 5.44. The molecule has 1 aromatic heterocycles. The molecule has 2 N–H and O–H groups in total. The van der Waals surface area contributed by atoms with Gasteiger partial charge in [0.05, 0.1) is 4.91 Å². The summed E-state index contributed by atoms with van der Waals surface area (Å²) in [5.41, 5.74) is 0.783. The van der Waals surface area contributed by atoms with Crippen molar-refractivity contribution in [2.45, 2.75) is 0 Å². The molecule has 2 aromatic carbocycles. The van der Waals surface area contributed by atoms with E-state index in [4.69, 9.17) is 4.74 Å². The Hall–Kier alpha value is -3.72. The summed E-state index contributed by atoms with van der Waals surface area (Å²) in [6.07, 6.45) is 1.65. The zero-order valence-corrected chi connectivity index (χ0v) is 16.2. The first-order valence-corrected chi connectivity index (χ1v) is 9.62. The largest absolute Gasteiger partial charge is 0.484 e. The van der Waals surface area contributed by atoms with Crippen LogP contribution in [0.1, 0.15) is 5.56 Å². The van der Waals surface area contributed by atoms with E-state index in [1.807, 2.05) is 24.3 Å². The molecule has 0 saturated carbocycles. The van der Waals surface area contributed by atoms with Gasteiger partial charge in [-0.25, -0.2) is 4.98 Å². The maximum absolute atomic E-state index is 13.1. The zero-order valence-electron chi connectivity index (χ0n) is 15.3. The number of thioether (sulfide) groups is 1. The fourth-order valence-corrected chi connectivity index (χ4v) is 3.48. The van der Waals surface area contributed by atoms with E-state index in [-0.39, 0.29) is 17.7 Å². The number of amides is 3. The molecule has 0 aliphatic carbocycles. The quantitative estimate of drug-likeness (QED) is 0.480. The molecule has 4 rings (SSSR count). The molecule has 0 atom stereocenters. The second-order valence-corrected chi connectivity index (χ2v) is 7.32. The van der Waals surface area contributed by atoms with Gasteiger partial charge in [0.1, 0.15) is 11.6 Å². The number of benzene rings is 2. The number of carbonyl (C=O) groups is 3. The highest BCUT2D eigenvalue weighted by Crippen LogP contribution is 2.28. The summed E-state index contributed by atoms with van der Waals surface area (Å²) in [6.45, 7) is -0.256. The van der Waals surface area contributed by atoms with Gasteiger partial charge in [-0.3, -0.25) is 19.7 Å². The summed E-state index contributed by atoms with van der Waals surface area (Å²) in [5.74, 6) is -0.943. The summed E-state index contributed by atoms with van der Waals surface area (Å²) in [5, 5.41) is 6.07. The predicted octanol–water partition coefficient (Wildman–Crippen LogP) is 3.72. The van der Waals surface area contributed by atoms with E-state index >= 15 is 0 Å². The number of hydrogen-bond donors (Lipinski definition) is 2. The molecule has 1 aliphatic rings. The lowest BCUT2D eigenvalue weighted by atomic mass is 10.1. The fourth-order valence-electron chi connectivity index (χ4n) is 2.80. The maximum atomic E-state index is 13.1. The van der Waals surface area contributed by atoms with E-state index < -0.39 is 17.8 Å². The van der Waals surface area contributed by atoms with Gasteiger partial charge in [-0.05, 0) is 64.5 Å². The van der Waals surface area contributed by atoms with Crippen molar-refractivity contribution in [2.24, 2.45) is 0 Å². The minimum Gasteiger partial charge on any atom is -0.484 e. The van der Waals surface area contributed by atoms with Crippen molar-refractivity contribution in [1.29, 1.82) is 0 Å². The molecule has 1 fully saturated rings. The summed E-state index contributed by atoms with van der Waals surface area (Å²) < 4.78 is 18.6. The lowest BCUT2D eigenvalue weighted by Crippen LogP contribution is -2.20. The summed E-state index contributed by atoms with van der Waals surface area (Å²) in [6, 6.07) is 15.0. The van der Waals surface area contributed by atoms with E-state index in [2.05, 4.69) is 15.6 Å². The Morgan fingerprint density at radius 1 is 1.13 bits per heavy atom. The summed E-state index contributed by atoms with van der Waals surface area (Å²) in [4.78, 5) is 38.8. The number of anilines is 1. The molecule has 150 valence electrons. The van der Waals surface area contributed by atoms with Gasteiger partial charge in [-0.2, -0.15) is 4.39 Å². The van der Waals surface area contributed by atoms with Crippen LogP contribution in [0.5, 0.6) is 5.75 Å². The van der Waals surface area contributed by atoms with Crippen LogP contribution in [-0.2, 0) is 9.59 Å². The van der Waals surface area contributed by atoms with E-state index in [1.54, 1.807) is 18.2 Å². The van der Waals surface area contributed by atoms with Crippen LogP contribution < -0.4 is 15.4 Å². The third-order valence-corrected chi connectivity index (χ3v) is 4.94. The number of imide groups is 1. The van der Waals surface area contributed by atoms with Crippen molar-refractivity contribution < 1.29 is 23.5 Å². The van der Waals surface area contributed by atoms with Crippen LogP contribution in [0.25, 0.3) is 16.8 Å². The number of aromatic nitrogens is 1. The van der Waals surface area contributed by atoms with E-state index in [0.717, 1.165) is 28.1 Å². The number of nitrogens with one attached hydrogen (secondary N) is 2. The number of pyridine rings is 1. The smallest absolute Gasteiger partial charge is 0.290 e. The standard InChI is InChI=1S/C21H14FN3O4S/c22-17-2-1-3-18(23-17)24-19(26)11-29-15-7-6-13-8-12(4-5-14(13)10-15)9-16-20(27)25-21(28)30-16/h1-10H,11H2,(H,23,24,26)(H,25,27,28)/b16-9+. The molecular weight excluding hydrogens is 409 g/mol. The van der Waals surface area contributed by atoms with Crippen LogP contribution in [0, 0.1) is 5.95 Å². The van der Waals surface area contributed by atoms with Gasteiger partial charge in [-0.15, -0.1) is 0 Å². The molecule has 30 heavy (non-hydrogen) atoms. The number of halogens is 1. The molecule has 1 saturated heterocycles. The van der Waals surface area contributed by atoms with Crippen LogP contribution in [0.2, 0.25) is 0 Å². The van der Waals surface area contributed by atoms with Crippen LogP contribution in [0.15, 0.2) is 59.5 Å². The van der Waals surface area contributed by atoms with Gasteiger partial charge in [0.25, 0.3) is 17.1 Å². The molecule has 0 spiro atoms. The van der Waals surface area contributed by atoms with Crippen molar-refractivity contribution >= 4 is 51.5 Å². The normalized spacial score (nSPS) is 14.8. The zero-order chi connectivity index (χ0) is 21.1. The molecule has 0 radical (unpaired) electrons. The lowest BCUT2D eigenvalue weighted by molar-refractivity contribution is -0.118. The number of rotatable bonds is 5. The van der Waals surface area contributed by atoms with Crippen LogP contribution in [0.4, 0.5) is 15.0 Å². The van der Waals surface area contributed by atoms with E-state index in [9.17, 15) is 18.8 Å². The summed E-state index contributed by atoms with van der Waals surface area (Å²) >= 11 is 0.865. The predicted molar refractivity (Wildman–Crippen MR) is 111 cm³/mol. The molecule has 2 heterocycles. The average Bonchev–Trinajstić information content (AvgIpc) is 3.03. The lowest BCUT2D eigenvalue weighted by Gasteiger charge is -2.08. The number of hydrogen-bond acceptors (Lipinski definition) is 6. The fraction of sp³-hybridized carbons (Fsp3) is 0.0476. The molecule has 3 amide bonds. The van der Waals surface area contributed by atoms with Crippen molar-refractivity contribution in [3.8, 4) is 5.75 Å². The molecule has 7 nitrogen and oxygen atoms in total. The van der Waals surface area contributed by atoms with Gasteiger partial charge in [-0.1, -0.05) is 24.3 Å². The first-order valence-electron chi connectivity index (χ1n) is 8.80. The van der Waals surface area contributed by atoms with Gasteiger partial charge in [0.2, 0.25) is 5.95 Å². The molecule has 0 bridgehead atoms. The Bertz CT molecular complexity index is 1210. The molecule has 1 aliphatic heterocycles. The molecular formula is C21H14FN3O4S. The highest BCUT2D eigenvalue weighted by molar-refractivity contribution is 8.18. The van der Waals surface area contributed by atoms with E-state index in [0.29, 0.717) is 10.7 Å². The highest BCUT2D eigenvalue weighted by Gasteiger charge is 2.24. The van der Waals surface area contributed by atoms with Gasteiger partial charge in [0, 0.05) is 0 Å². The Balaban J connectivity index is 1.42. The number of carbonyl (C=O) groups excluding carboxylic acids is 3. The minimum absolute atomic E-state index is 0.111. The molecule has 3 aromatic rings. The van der Waals surface area contributed by atoms with E-state index in [1.165, 1.54) is 18.2 Å². The third-order valence-electron chi connectivity index (χ3n) is 4.13. The van der Waals surface area contributed by atoms with Gasteiger partial charge >= 0.3 is 0 Å². The Labute approximate surface area is 174 Å². The van der Waals surface area contributed by atoms with Crippen molar-refractivity contribution in [3.05, 3.63) is 71.0 Å².